The fraction of sp³-hybridized carbons (Fsp3) is 0.300. The van der Waals surface area contributed by atoms with E-state index in [1.54, 1.807) is 0 Å². The van der Waals surface area contributed by atoms with Gasteiger partial charge in [-0.25, -0.2) is 17.6 Å². The topological polar surface area (TPSA) is 80.7 Å². The summed E-state index contributed by atoms with van der Waals surface area (Å²) in [6, 6.07) is 2.64. The van der Waals surface area contributed by atoms with Gasteiger partial charge in [0.1, 0.15) is 10.7 Å². The summed E-state index contributed by atoms with van der Waals surface area (Å²) < 4.78 is 41.3. The summed E-state index contributed by atoms with van der Waals surface area (Å²) in [7, 11) is -2.55. The van der Waals surface area contributed by atoms with Crippen molar-refractivity contribution in [3.8, 4) is 0 Å². The van der Waals surface area contributed by atoms with Crippen molar-refractivity contribution >= 4 is 15.8 Å². The van der Waals surface area contributed by atoms with Crippen LogP contribution in [0.1, 0.15) is 10.4 Å². The molecule has 0 amide bonds. The van der Waals surface area contributed by atoms with Crippen LogP contribution in [0.25, 0.3) is 0 Å². The summed E-state index contributed by atoms with van der Waals surface area (Å²) >= 11 is 0. The van der Waals surface area contributed by atoms with Crippen molar-refractivity contribution < 1.29 is 27.4 Å². The van der Waals surface area contributed by atoms with Crippen LogP contribution in [-0.4, -0.2) is 39.0 Å². The molecule has 0 spiro atoms. The summed E-state index contributed by atoms with van der Waals surface area (Å²) in [5, 5.41) is 8.70. The first-order valence-electron chi connectivity index (χ1n) is 4.63. The van der Waals surface area contributed by atoms with Gasteiger partial charge in [0, 0.05) is 7.11 Å². The van der Waals surface area contributed by atoms with Gasteiger partial charge < -0.3 is 9.84 Å². The quantitative estimate of drug-likeness (QED) is 0.854. The zero-order chi connectivity index (χ0) is 13.1. The van der Waals surface area contributed by atoms with Crippen LogP contribution in [0.5, 0.6) is 0 Å². The molecule has 0 heterocycles. The van der Waals surface area contributed by atoms with E-state index in [2.05, 4.69) is 4.74 Å². The molecule has 0 saturated carbocycles. The highest BCUT2D eigenvalue weighted by atomic mass is 32.2. The third-order valence-electron chi connectivity index (χ3n) is 2.07. The molecular weight excluding hydrogens is 251 g/mol. The lowest BCUT2D eigenvalue weighted by Gasteiger charge is -2.06. The van der Waals surface area contributed by atoms with Crippen molar-refractivity contribution in [3.63, 3.8) is 0 Å². The number of carboxylic acids is 1. The Hall–Kier alpha value is -1.47. The molecule has 0 radical (unpaired) electrons. The number of hydrogen-bond acceptors (Lipinski definition) is 4. The Morgan fingerprint density at radius 3 is 2.65 bits per heavy atom. The Bertz CT molecular complexity index is 523. The first-order chi connectivity index (χ1) is 7.88. The van der Waals surface area contributed by atoms with Gasteiger partial charge in [0.2, 0.25) is 0 Å². The average Bonchev–Trinajstić information content (AvgIpc) is 2.26. The van der Waals surface area contributed by atoms with Gasteiger partial charge in [-0.05, 0) is 18.2 Å². The number of benzene rings is 1. The number of carboxylic acid groups (broad SMARTS) is 1. The van der Waals surface area contributed by atoms with E-state index in [-0.39, 0.29) is 12.2 Å². The van der Waals surface area contributed by atoms with Gasteiger partial charge in [0.25, 0.3) is 0 Å². The van der Waals surface area contributed by atoms with E-state index in [0.717, 1.165) is 18.2 Å². The molecule has 1 rings (SSSR count). The Labute approximate surface area is 97.8 Å². The number of rotatable bonds is 5. The second-order valence-electron chi connectivity index (χ2n) is 3.26. The van der Waals surface area contributed by atoms with E-state index in [9.17, 15) is 17.6 Å². The lowest BCUT2D eigenvalue weighted by molar-refractivity contribution is 0.0696. The van der Waals surface area contributed by atoms with E-state index in [1.165, 1.54) is 7.11 Å². The Kier molecular flexibility index (Phi) is 4.19. The number of methoxy groups -OCH3 is 1. The zero-order valence-corrected chi connectivity index (χ0v) is 9.83. The summed E-state index contributed by atoms with van der Waals surface area (Å²) in [6.07, 6.45) is 0. The van der Waals surface area contributed by atoms with Crippen LogP contribution in [0, 0.1) is 5.82 Å². The lowest BCUT2D eigenvalue weighted by Crippen LogP contribution is -2.14. The van der Waals surface area contributed by atoms with Crippen LogP contribution in [0.2, 0.25) is 0 Å². The maximum absolute atomic E-state index is 13.3. The third-order valence-corrected chi connectivity index (χ3v) is 3.76. The maximum atomic E-state index is 13.3. The molecule has 0 fully saturated rings. The first-order valence-corrected chi connectivity index (χ1v) is 6.28. The highest BCUT2D eigenvalue weighted by molar-refractivity contribution is 7.91. The fourth-order valence-electron chi connectivity index (χ4n) is 1.18. The highest BCUT2D eigenvalue weighted by Gasteiger charge is 2.20. The molecular formula is C10H11FO5S. The number of ether oxygens (including phenoxy) is 1. The second-order valence-corrected chi connectivity index (χ2v) is 5.34. The van der Waals surface area contributed by atoms with Crippen molar-refractivity contribution in [2.45, 2.75) is 4.90 Å². The van der Waals surface area contributed by atoms with Gasteiger partial charge in [0.15, 0.2) is 9.84 Å². The predicted octanol–water partition coefficient (Wildman–Crippen LogP) is 0.944. The van der Waals surface area contributed by atoms with E-state index in [4.69, 9.17) is 5.11 Å². The molecule has 0 aliphatic carbocycles. The molecule has 17 heavy (non-hydrogen) atoms. The smallest absolute Gasteiger partial charge is 0.335 e. The summed E-state index contributed by atoms with van der Waals surface area (Å²) in [5.41, 5.74) is -0.276. The van der Waals surface area contributed by atoms with Gasteiger partial charge in [0.05, 0.1) is 17.9 Å². The van der Waals surface area contributed by atoms with Crippen molar-refractivity contribution in [2.24, 2.45) is 0 Å². The van der Waals surface area contributed by atoms with Crippen LogP contribution >= 0.6 is 0 Å². The number of halogens is 1. The molecule has 0 saturated heterocycles. The molecule has 1 aromatic rings. The molecule has 0 unspecified atom stereocenters. The van der Waals surface area contributed by atoms with Gasteiger partial charge in [-0.15, -0.1) is 0 Å². The van der Waals surface area contributed by atoms with E-state index in [1.807, 2.05) is 0 Å². The van der Waals surface area contributed by atoms with E-state index in [0.29, 0.717) is 0 Å². The molecule has 5 nitrogen and oxygen atoms in total. The monoisotopic (exact) mass is 262 g/mol. The Morgan fingerprint density at radius 2 is 2.12 bits per heavy atom. The molecule has 0 bridgehead atoms. The van der Waals surface area contributed by atoms with Gasteiger partial charge in [-0.2, -0.15) is 0 Å². The highest BCUT2D eigenvalue weighted by Crippen LogP contribution is 2.18. The minimum absolute atomic E-state index is 0.0843. The Morgan fingerprint density at radius 1 is 1.47 bits per heavy atom. The molecule has 0 aromatic heterocycles. The van der Waals surface area contributed by atoms with E-state index < -0.39 is 32.3 Å². The zero-order valence-electron chi connectivity index (χ0n) is 9.01. The summed E-state index contributed by atoms with van der Waals surface area (Å²) in [4.78, 5) is 10.0. The fourth-order valence-corrected chi connectivity index (χ4v) is 2.46. The minimum atomic E-state index is -3.87. The molecule has 0 aliphatic heterocycles. The normalized spacial score (nSPS) is 11.4. The molecule has 1 N–H and O–H groups in total. The van der Waals surface area contributed by atoms with Crippen molar-refractivity contribution in [1.82, 2.24) is 0 Å². The largest absolute Gasteiger partial charge is 0.478 e. The predicted molar refractivity (Wildman–Crippen MR) is 57.3 cm³/mol. The first kappa shape index (κ1) is 13.6. The number of sulfone groups is 1. The third kappa shape index (κ3) is 3.24. The number of hydrogen-bond donors (Lipinski definition) is 1. The standard InChI is InChI=1S/C10H11FO5S/c1-16-4-5-17(14,15)9-6-7(10(12)13)2-3-8(9)11/h2-3,6H,4-5H2,1H3,(H,12,13). The van der Waals surface area contributed by atoms with Gasteiger partial charge in [-0.1, -0.05) is 0 Å². The maximum Gasteiger partial charge on any atom is 0.335 e. The molecule has 7 heteroatoms. The van der Waals surface area contributed by atoms with Crippen molar-refractivity contribution in [3.05, 3.63) is 29.6 Å². The molecule has 0 aliphatic rings. The Balaban J connectivity index is 3.20. The van der Waals surface area contributed by atoms with Crippen LogP contribution in [-0.2, 0) is 14.6 Å². The number of aromatic carboxylic acids is 1. The van der Waals surface area contributed by atoms with E-state index >= 15 is 0 Å². The number of carbonyl (C=O) groups is 1. The SMILES string of the molecule is COCCS(=O)(=O)c1cc(C(=O)O)ccc1F. The van der Waals surface area contributed by atoms with Crippen LogP contribution in [0.4, 0.5) is 4.39 Å². The average molecular weight is 262 g/mol. The molecule has 94 valence electrons. The molecule has 1 aromatic carbocycles. The van der Waals surface area contributed by atoms with Gasteiger partial charge >= 0.3 is 5.97 Å². The van der Waals surface area contributed by atoms with Crippen molar-refractivity contribution in [1.29, 1.82) is 0 Å². The summed E-state index contributed by atoms with van der Waals surface area (Å²) in [6.45, 7) is -0.0843. The van der Waals surface area contributed by atoms with Gasteiger partial charge in [-0.3, -0.25) is 0 Å². The second kappa shape index (κ2) is 5.24. The molecule has 0 atom stereocenters. The van der Waals surface area contributed by atoms with Crippen LogP contribution in [0.3, 0.4) is 0 Å². The van der Waals surface area contributed by atoms with Crippen LogP contribution in [0.15, 0.2) is 23.1 Å². The summed E-state index contributed by atoms with van der Waals surface area (Å²) in [5.74, 6) is -2.68. The van der Waals surface area contributed by atoms with Crippen LogP contribution < -0.4 is 0 Å². The lowest BCUT2D eigenvalue weighted by atomic mass is 10.2. The minimum Gasteiger partial charge on any atom is -0.478 e. The van der Waals surface area contributed by atoms with Crippen molar-refractivity contribution in [2.75, 3.05) is 19.5 Å².